The van der Waals surface area contributed by atoms with Crippen molar-refractivity contribution in [2.75, 3.05) is 7.05 Å². The van der Waals surface area contributed by atoms with Gasteiger partial charge in [0, 0.05) is 6.04 Å². The van der Waals surface area contributed by atoms with Gasteiger partial charge in [-0.1, -0.05) is 13.0 Å². The van der Waals surface area contributed by atoms with Gasteiger partial charge < -0.3 is 10.1 Å². The summed E-state index contributed by atoms with van der Waals surface area (Å²) in [6.07, 6.45) is 6.47. The van der Waals surface area contributed by atoms with E-state index in [0.29, 0.717) is 6.04 Å². The molecule has 1 unspecified atom stereocenters. The molecule has 0 fully saturated rings. The van der Waals surface area contributed by atoms with Gasteiger partial charge >= 0.3 is 0 Å². The van der Waals surface area contributed by atoms with E-state index < -0.39 is 0 Å². The van der Waals surface area contributed by atoms with Crippen LogP contribution in [-0.2, 0) is 12.8 Å². The Hall–Kier alpha value is -1.87. The predicted octanol–water partition coefficient (Wildman–Crippen LogP) is 4.03. The average Bonchev–Trinajstić information content (AvgIpc) is 2.98. The van der Waals surface area contributed by atoms with Crippen LogP contribution in [0.25, 0.3) is 0 Å². The second-order valence-electron chi connectivity index (χ2n) is 5.55. The summed E-state index contributed by atoms with van der Waals surface area (Å²) in [6, 6.07) is 10.7. The van der Waals surface area contributed by atoms with Crippen LogP contribution >= 0.6 is 0 Å². The molecule has 21 heavy (non-hydrogen) atoms. The molecule has 1 atom stereocenters. The number of fused-ring (bicyclic) bond motifs is 1. The zero-order valence-electron chi connectivity index (χ0n) is 12.7. The topological polar surface area (TPSA) is 34.1 Å². The molecule has 1 N–H and O–H groups in total. The van der Waals surface area contributed by atoms with Gasteiger partial charge in [0.25, 0.3) is 0 Å². The van der Waals surface area contributed by atoms with Gasteiger partial charge in [-0.05, 0) is 68.1 Å². The van der Waals surface area contributed by atoms with Crippen molar-refractivity contribution in [1.82, 2.24) is 10.3 Å². The summed E-state index contributed by atoms with van der Waals surface area (Å²) in [5.74, 6) is 1.70. The number of nitrogens with one attached hydrogen (secondary N) is 1. The number of benzene rings is 1. The maximum absolute atomic E-state index is 5.92. The second-order valence-corrected chi connectivity index (χ2v) is 5.55. The summed E-state index contributed by atoms with van der Waals surface area (Å²) >= 11 is 0. The lowest BCUT2D eigenvalue weighted by atomic mass is 10.1. The van der Waals surface area contributed by atoms with E-state index in [4.69, 9.17) is 4.74 Å². The molecule has 1 aromatic carbocycles. The molecular formula is C18H22N2O. The van der Waals surface area contributed by atoms with E-state index in [1.165, 1.54) is 30.4 Å². The third-order valence-corrected chi connectivity index (χ3v) is 4.18. The van der Waals surface area contributed by atoms with Gasteiger partial charge in [0.2, 0.25) is 0 Å². The number of pyridine rings is 1. The lowest BCUT2D eigenvalue weighted by Crippen LogP contribution is -2.16. The molecule has 1 heterocycles. The zero-order valence-corrected chi connectivity index (χ0v) is 12.7. The molecule has 1 aliphatic carbocycles. The normalized spacial score (nSPS) is 14.8. The number of ether oxygens (including phenoxy) is 1. The Morgan fingerprint density at radius 3 is 2.67 bits per heavy atom. The minimum atomic E-state index is 0.305. The zero-order chi connectivity index (χ0) is 14.7. The van der Waals surface area contributed by atoms with Crippen LogP contribution < -0.4 is 10.1 Å². The van der Waals surface area contributed by atoms with Gasteiger partial charge in [-0.25, -0.2) is 0 Å². The fourth-order valence-corrected chi connectivity index (χ4v) is 2.97. The van der Waals surface area contributed by atoms with Crippen LogP contribution in [0, 0.1) is 0 Å². The number of hydrogen-bond donors (Lipinski definition) is 1. The van der Waals surface area contributed by atoms with Crippen LogP contribution in [0.15, 0.2) is 36.5 Å². The minimum Gasteiger partial charge on any atom is -0.456 e. The third kappa shape index (κ3) is 3.08. The molecule has 3 rings (SSSR count). The molecule has 0 aliphatic heterocycles. The molecule has 1 aromatic heterocycles. The third-order valence-electron chi connectivity index (χ3n) is 4.18. The fourth-order valence-electron chi connectivity index (χ4n) is 2.97. The molecule has 0 saturated carbocycles. The first-order valence-corrected chi connectivity index (χ1v) is 7.73. The summed E-state index contributed by atoms with van der Waals surface area (Å²) in [7, 11) is 1.96. The smallest absolute Gasteiger partial charge is 0.145 e. The van der Waals surface area contributed by atoms with Gasteiger partial charge in [-0.2, -0.15) is 0 Å². The first-order chi connectivity index (χ1) is 10.3. The molecule has 2 aromatic rings. The number of aryl methyl sites for hydroxylation is 2. The van der Waals surface area contributed by atoms with Crippen LogP contribution in [0.4, 0.5) is 0 Å². The van der Waals surface area contributed by atoms with Gasteiger partial charge in [0.05, 0.1) is 11.9 Å². The summed E-state index contributed by atoms with van der Waals surface area (Å²) in [6.45, 7) is 2.15. The van der Waals surface area contributed by atoms with Crippen molar-refractivity contribution in [3.63, 3.8) is 0 Å². The highest BCUT2D eigenvalue weighted by Crippen LogP contribution is 2.29. The maximum atomic E-state index is 5.92. The monoisotopic (exact) mass is 282 g/mol. The first-order valence-electron chi connectivity index (χ1n) is 7.73. The van der Waals surface area contributed by atoms with Gasteiger partial charge in [-0.15, -0.1) is 0 Å². The lowest BCUT2D eigenvalue weighted by molar-refractivity contribution is 0.477. The molecule has 1 aliphatic rings. The number of rotatable bonds is 5. The quantitative estimate of drug-likeness (QED) is 0.899. The molecule has 3 nitrogen and oxygen atoms in total. The first kappa shape index (κ1) is 14.1. The Labute approximate surface area is 126 Å². The van der Waals surface area contributed by atoms with Crippen molar-refractivity contribution in [3.05, 3.63) is 53.3 Å². The van der Waals surface area contributed by atoms with E-state index in [9.17, 15) is 0 Å². The van der Waals surface area contributed by atoms with Crippen molar-refractivity contribution in [1.29, 1.82) is 0 Å². The minimum absolute atomic E-state index is 0.305. The SMILES string of the molecule is CCC(NC)c1ccc(Oc2ccc3c(c2)CCC3)cn1. The van der Waals surface area contributed by atoms with Crippen molar-refractivity contribution in [2.24, 2.45) is 0 Å². The van der Waals surface area contributed by atoms with E-state index in [2.05, 4.69) is 35.4 Å². The summed E-state index contributed by atoms with van der Waals surface area (Å²) < 4.78 is 5.92. The molecule has 0 spiro atoms. The summed E-state index contributed by atoms with van der Waals surface area (Å²) in [5.41, 5.74) is 3.95. The highest BCUT2D eigenvalue weighted by molar-refractivity contribution is 5.40. The van der Waals surface area contributed by atoms with E-state index in [0.717, 1.165) is 23.6 Å². The molecule has 0 amide bonds. The van der Waals surface area contributed by atoms with Crippen LogP contribution in [-0.4, -0.2) is 12.0 Å². The van der Waals surface area contributed by atoms with Crippen LogP contribution in [0.5, 0.6) is 11.5 Å². The highest BCUT2D eigenvalue weighted by Gasteiger charge is 2.12. The molecular weight excluding hydrogens is 260 g/mol. The standard InChI is InChI=1S/C18H22N2O/c1-3-17(19-2)18-10-9-16(12-20-18)21-15-8-7-13-5-4-6-14(13)11-15/h7-12,17,19H,3-6H2,1-2H3. The van der Waals surface area contributed by atoms with Crippen LogP contribution in [0.1, 0.15) is 42.6 Å². The number of aromatic nitrogens is 1. The average molecular weight is 282 g/mol. The van der Waals surface area contributed by atoms with E-state index >= 15 is 0 Å². The molecule has 0 bridgehead atoms. The van der Waals surface area contributed by atoms with Gasteiger partial charge in [-0.3, -0.25) is 4.98 Å². The van der Waals surface area contributed by atoms with E-state index in [-0.39, 0.29) is 0 Å². The molecule has 3 heteroatoms. The maximum Gasteiger partial charge on any atom is 0.145 e. The molecule has 0 saturated heterocycles. The molecule has 110 valence electrons. The predicted molar refractivity (Wildman–Crippen MR) is 84.9 cm³/mol. The van der Waals surface area contributed by atoms with Gasteiger partial charge in [0.15, 0.2) is 0 Å². The van der Waals surface area contributed by atoms with Crippen LogP contribution in [0.3, 0.4) is 0 Å². The van der Waals surface area contributed by atoms with Crippen molar-refractivity contribution >= 4 is 0 Å². The lowest BCUT2D eigenvalue weighted by Gasteiger charge is -2.13. The fraction of sp³-hybridized carbons (Fsp3) is 0.389. The van der Waals surface area contributed by atoms with Crippen LogP contribution in [0.2, 0.25) is 0 Å². The van der Waals surface area contributed by atoms with Crippen molar-refractivity contribution in [3.8, 4) is 11.5 Å². The van der Waals surface area contributed by atoms with Crippen molar-refractivity contribution in [2.45, 2.75) is 38.6 Å². The Balaban J connectivity index is 1.73. The largest absolute Gasteiger partial charge is 0.456 e. The second kappa shape index (κ2) is 6.27. The van der Waals surface area contributed by atoms with Crippen molar-refractivity contribution < 1.29 is 4.74 Å². The van der Waals surface area contributed by atoms with E-state index in [1.807, 2.05) is 25.4 Å². The Kier molecular flexibility index (Phi) is 4.20. The Morgan fingerprint density at radius 2 is 1.95 bits per heavy atom. The number of nitrogens with zero attached hydrogens (tertiary/aromatic N) is 1. The number of hydrogen-bond acceptors (Lipinski definition) is 3. The van der Waals surface area contributed by atoms with E-state index in [1.54, 1.807) is 0 Å². The Bertz CT molecular complexity index is 603. The Morgan fingerprint density at radius 1 is 1.14 bits per heavy atom. The summed E-state index contributed by atoms with van der Waals surface area (Å²) in [4.78, 5) is 4.50. The van der Waals surface area contributed by atoms with Gasteiger partial charge in [0.1, 0.15) is 11.5 Å². The molecule has 0 radical (unpaired) electrons. The summed E-state index contributed by atoms with van der Waals surface area (Å²) in [5, 5.41) is 3.26. The highest BCUT2D eigenvalue weighted by atomic mass is 16.5.